The van der Waals surface area contributed by atoms with Crippen molar-refractivity contribution in [1.82, 2.24) is 15.5 Å². The highest BCUT2D eigenvalue weighted by Gasteiger charge is 2.48. The first-order chi connectivity index (χ1) is 10.1. The van der Waals surface area contributed by atoms with Crippen molar-refractivity contribution in [3.63, 3.8) is 0 Å². The van der Waals surface area contributed by atoms with Crippen LogP contribution in [0.15, 0.2) is 9.64 Å². The molecule has 21 heavy (non-hydrogen) atoms. The normalized spacial score (nSPS) is 25.2. The fraction of sp³-hybridized carbons (Fsp3) is 0.786. The molecule has 0 amide bonds. The van der Waals surface area contributed by atoms with E-state index in [-0.39, 0.29) is 11.9 Å². The van der Waals surface area contributed by atoms with Crippen molar-refractivity contribution < 1.29 is 13.9 Å². The molecule has 1 N–H and O–H groups in total. The van der Waals surface area contributed by atoms with E-state index in [1.54, 1.807) is 18.7 Å². The number of carbonyl (C=O) groups excluding carboxylic acids is 1. The zero-order valence-electron chi connectivity index (χ0n) is 12.8. The number of ether oxygens (including phenoxy) is 1. The maximum absolute atomic E-state index is 12.3. The Morgan fingerprint density at radius 3 is 3.00 bits per heavy atom. The second kappa shape index (κ2) is 7.26. The van der Waals surface area contributed by atoms with Crippen molar-refractivity contribution in [3.05, 3.63) is 5.89 Å². The highest BCUT2D eigenvalue weighted by atomic mass is 32.2. The van der Waals surface area contributed by atoms with E-state index in [1.807, 2.05) is 14.0 Å². The number of nitrogens with one attached hydrogen (secondary N) is 1. The summed E-state index contributed by atoms with van der Waals surface area (Å²) in [6, 6.07) is 0. The molecule has 0 spiro atoms. The van der Waals surface area contributed by atoms with Crippen LogP contribution in [0.2, 0.25) is 0 Å². The van der Waals surface area contributed by atoms with Gasteiger partial charge in [-0.3, -0.25) is 4.79 Å². The fourth-order valence-corrected chi connectivity index (χ4v) is 3.91. The van der Waals surface area contributed by atoms with E-state index in [0.29, 0.717) is 17.7 Å². The molecule has 1 fully saturated rings. The predicted octanol–water partition coefficient (Wildman–Crippen LogP) is 2.18. The standard InChI is InChI=1S/C14H23N3O3S/c1-4-19-12(18)14(15-3)8-5-6-11(14)7-9-21-13-17-16-10(2)20-13/h11,15H,4-9H2,1-3H3. The fourth-order valence-electron chi connectivity index (χ4n) is 3.05. The van der Waals surface area contributed by atoms with Crippen LogP contribution in [0.25, 0.3) is 0 Å². The Bertz CT molecular complexity index is 480. The molecule has 0 aromatic carbocycles. The summed E-state index contributed by atoms with van der Waals surface area (Å²) in [6.07, 6.45) is 3.86. The Labute approximate surface area is 129 Å². The maximum Gasteiger partial charge on any atom is 0.326 e. The molecular weight excluding hydrogens is 290 g/mol. The number of hydrogen-bond acceptors (Lipinski definition) is 7. The summed E-state index contributed by atoms with van der Waals surface area (Å²) in [5, 5.41) is 11.6. The average molecular weight is 313 g/mol. The second-order valence-electron chi connectivity index (χ2n) is 5.26. The van der Waals surface area contributed by atoms with Gasteiger partial charge in [-0.1, -0.05) is 18.2 Å². The van der Waals surface area contributed by atoms with Gasteiger partial charge in [0.05, 0.1) is 6.61 Å². The van der Waals surface area contributed by atoms with Crippen molar-refractivity contribution in [2.75, 3.05) is 19.4 Å². The molecule has 2 rings (SSSR count). The minimum atomic E-state index is -0.526. The van der Waals surface area contributed by atoms with Crippen LogP contribution in [-0.2, 0) is 9.53 Å². The molecule has 2 atom stereocenters. The quantitative estimate of drug-likeness (QED) is 0.610. The van der Waals surface area contributed by atoms with Gasteiger partial charge in [0, 0.05) is 12.7 Å². The van der Waals surface area contributed by atoms with Gasteiger partial charge in [-0.25, -0.2) is 0 Å². The first kappa shape index (κ1) is 16.3. The number of esters is 1. The monoisotopic (exact) mass is 313 g/mol. The van der Waals surface area contributed by atoms with Crippen LogP contribution in [0.1, 0.15) is 38.5 Å². The number of hydrogen-bond donors (Lipinski definition) is 1. The summed E-state index contributed by atoms with van der Waals surface area (Å²) in [5.41, 5.74) is -0.526. The number of aryl methyl sites for hydroxylation is 1. The molecule has 1 aliphatic carbocycles. The second-order valence-corrected chi connectivity index (χ2v) is 6.30. The highest BCUT2D eigenvalue weighted by Crippen LogP contribution is 2.39. The van der Waals surface area contributed by atoms with E-state index < -0.39 is 5.54 Å². The third-order valence-electron chi connectivity index (χ3n) is 4.11. The van der Waals surface area contributed by atoms with E-state index in [9.17, 15) is 4.79 Å². The van der Waals surface area contributed by atoms with E-state index in [2.05, 4.69) is 15.5 Å². The highest BCUT2D eigenvalue weighted by molar-refractivity contribution is 7.99. The number of aromatic nitrogens is 2. The van der Waals surface area contributed by atoms with Crippen molar-refractivity contribution >= 4 is 17.7 Å². The molecule has 118 valence electrons. The smallest absolute Gasteiger partial charge is 0.326 e. The Hall–Kier alpha value is -1.08. The number of thioether (sulfide) groups is 1. The lowest BCUT2D eigenvalue weighted by Crippen LogP contribution is -2.54. The predicted molar refractivity (Wildman–Crippen MR) is 80.1 cm³/mol. The van der Waals surface area contributed by atoms with Gasteiger partial charge >= 0.3 is 5.97 Å². The molecule has 6 nitrogen and oxygen atoms in total. The zero-order chi connectivity index (χ0) is 15.3. The summed E-state index contributed by atoms with van der Waals surface area (Å²) >= 11 is 1.54. The van der Waals surface area contributed by atoms with Crippen molar-refractivity contribution in [1.29, 1.82) is 0 Å². The zero-order valence-corrected chi connectivity index (χ0v) is 13.7. The number of likely N-dealkylation sites (N-methyl/N-ethyl adjacent to an activating group) is 1. The SMILES string of the molecule is CCOC(=O)C1(NC)CCCC1CCSc1nnc(C)o1. The summed E-state index contributed by atoms with van der Waals surface area (Å²) in [7, 11) is 1.85. The van der Waals surface area contributed by atoms with Crippen molar-refractivity contribution in [2.45, 2.75) is 50.3 Å². The van der Waals surface area contributed by atoms with Gasteiger partial charge in [-0.05, 0) is 39.2 Å². The molecule has 0 aliphatic heterocycles. The van der Waals surface area contributed by atoms with Gasteiger partial charge in [0.1, 0.15) is 5.54 Å². The lowest BCUT2D eigenvalue weighted by atomic mass is 9.85. The van der Waals surface area contributed by atoms with Crippen molar-refractivity contribution in [3.8, 4) is 0 Å². The molecule has 0 bridgehead atoms. The molecule has 0 saturated heterocycles. The van der Waals surface area contributed by atoms with Gasteiger partial charge in [0.25, 0.3) is 5.22 Å². The van der Waals surface area contributed by atoms with Crippen LogP contribution in [0.3, 0.4) is 0 Å². The summed E-state index contributed by atoms with van der Waals surface area (Å²) in [6.45, 7) is 4.05. The minimum absolute atomic E-state index is 0.117. The van der Waals surface area contributed by atoms with Crippen LogP contribution < -0.4 is 5.32 Å². The van der Waals surface area contributed by atoms with Gasteiger partial charge in [0.2, 0.25) is 5.89 Å². The molecule has 1 aliphatic rings. The third-order valence-corrected chi connectivity index (χ3v) is 4.96. The Morgan fingerprint density at radius 2 is 2.38 bits per heavy atom. The first-order valence-electron chi connectivity index (χ1n) is 7.41. The Kier molecular flexibility index (Phi) is 5.64. The number of rotatable bonds is 7. The van der Waals surface area contributed by atoms with Crippen LogP contribution >= 0.6 is 11.8 Å². The van der Waals surface area contributed by atoms with Gasteiger partial charge in [-0.2, -0.15) is 0 Å². The Balaban J connectivity index is 1.92. The molecule has 0 radical (unpaired) electrons. The number of nitrogens with zero attached hydrogens (tertiary/aromatic N) is 2. The van der Waals surface area contributed by atoms with Crippen LogP contribution in [0.5, 0.6) is 0 Å². The molecule has 7 heteroatoms. The largest absolute Gasteiger partial charge is 0.465 e. The Morgan fingerprint density at radius 1 is 1.57 bits per heavy atom. The molecule has 1 saturated carbocycles. The molecule has 2 unspecified atom stereocenters. The van der Waals surface area contributed by atoms with E-state index in [0.717, 1.165) is 31.4 Å². The minimum Gasteiger partial charge on any atom is -0.465 e. The van der Waals surface area contributed by atoms with Crippen LogP contribution in [0, 0.1) is 12.8 Å². The van der Waals surface area contributed by atoms with Crippen LogP contribution in [0.4, 0.5) is 0 Å². The summed E-state index contributed by atoms with van der Waals surface area (Å²) in [5.74, 6) is 1.61. The maximum atomic E-state index is 12.3. The summed E-state index contributed by atoms with van der Waals surface area (Å²) in [4.78, 5) is 12.3. The first-order valence-corrected chi connectivity index (χ1v) is 8.40. The van der Waals surface area contributed by atoms with E-state index in [4.69, 9.17) is 9.15 Å². The topological polar surface area (TPSA) is 77.2 Å². The summed E-state index contributed by atoms with van der Waals surface area (Å²) < 4.78 is 10.6. The molecule has 1 heterocycles. The lowest BCUT2D eigenvalue weighted by Gasteiger charge is -2.32. The van der Waals surface area contributed by atoms with Gasteiger partial charge in [0.15, 0.2) is 0 Å². The van der Waals surface area contributed by atoms with E-state index in [1.165, 1.54) is 0 Å². The molecule has 1 aromatic heterocycles. The van der Waals surface area contributed by atoms with Crippen molar-refractivity contribution in [2.24, 2.45) is 5.92 Å². The molecular formula is C14H23N3O3S. The van der Waals surface area contributed by atoms with Crippen LogP contribution in [-0.4, -0.2) is 41.1 Å². The van der Waals surface area contributed by atoms with E-state index >= 15 is 0 Å². The molecule has 1 aromatic rings. The van der Waals surface area contributed by atoms with Gasteiger partial charge < -0.3 is 14.5 Å². The van der Waals surface area contributed by atoms with Gasteiger partial charge in [-0.15, -0.1) is 10.2 Å². The lowest BCUT2D eigenvalue weighted by molar-refractivity contribution is -0.152. The average Bonchev–Trinajstić information content (AvgIpc) is 3.06. The third kappa shape index (κ3) is 3.58. The number of carbonyl (C=O) groups is 1.